The van der Waals surface area contributed by atoms with Crippen molar-refractivity contribution < 1.29 is 33.4 Å². The van der Waals surface area contributed by atoms with Crippen molar-refractivity contribution in [2.75, 3.05) is 122 Å². The van der Waals surface area contributed by atoms with Crippen molar-refractivity contribution in [1.29, 1.82) is 0 Å². The third-order valence-corrected chi connectivity index (χ3v) is 19.7. The summed E-state index contributed by atoms with van der Waals surface area (Å²) in [6.45, 7) is 13.0. The molecule has 8 aliphatic rings. The number of ether oxygens (including phenoxy) is 3. The molecule has 428 valence electrons. The van der Waals surface area contributed by atoms with E-state index in [9.17, 15) is 19.2 Å². The molecule has 5 saturated heterocycles. The van der Waals surface area contributed by atoms with Crippen LogP contribution < -0.4 is 30.2 Å². The Bertz CT molecular complexity index is 2630. The fraction of sp³-hybridized carbons (Fsp3) is 0.639. The zero-order chi connectivity index (χ0) is 56.3. The largest absolute Gasteiger partial charge is 0.497 e. The number of halogens is 1. The van der Waals surface area contributed by atoms with Crippen LogP contribution in [0.4, 0.5) is 0 Å². The van der Waals surface area contributed by atoms with Gasteiger partial charge in [0.05, 0.1) is 46.5 Å². The van der Waals surface area contributed by atoms with Gasteiger partial charge >= 0.3 is 0 Å². The van der Waals surface area contributed by atoms with E-state index in [0.29, 0.717) is 31.2 Å². The second kappa shape index (κ2) is 24.8. The minimum atomic E-state index is -0.122. The summed E-state index contributed by atoms with van der Waals surface area (Å²) in [5, 5.41) is 9.14. The van der Waals surface area contributed by atoms with Crippen LogP contribution in [-0.2, 0) is 54.7 Å². The first kappa shape index (κ1) is 59.2. The summed E-state index contributed by atoms with van der Waals surface area (Å²) in [5.74, 6) is 3.05. The molecule has 3 aliphatic carbocycles. The van der Waals surface area contributed by atoms with Gasteiger partial charge < -0.3 is 54.7 Å². The minimum Gasteiger partial charge on any atom is -0.497 e. The number of benzene rings is 3. The Balaban J connectivity index is 0.000000148. The van der Waals surface area contributed by atoms with E-state index in [1.165, 1.54) is 46.3 Å². The number of fused-ring (bicyclic) bond motifs is 12. The summed E-state index contributed by atoms with van der Waals surface area (Å²) < 4.78 is 16.4. The van der Waals surface area contributed by atoms with Crippen LogP contribution in [-0.4, -0.2) is 211 Å². The third kappa shape index (κ3) is 11.8. The highest BCUT2D eigenvalue weighted by molar-refractivity contribution is 6.27. The Morgan fingerprint density at radius 1 is 0.628 bits per heavy atom. The Labute approximate surface area is 470 Å². The lowest BCUT2D eigenvalue weighted by Crippen LogP contribution is -2.68. The molecule has 5 fully saturated rings. The Kier molecular flexibility index (Phi) is 18.8. The number of alkyl halides is 1. The number of carbonyl (C=O) groups is 4. The Morgan fingerprint density at radius 2 is 1.06 bits per heavy atom. The predicted octanol–water partition coefficient (Wildman–Crippen LogP) is 4.84. The number of likely N-dealkylation sites (N-methyl/N-ethyl adjacent to an activating group) is 6. The van der Waals surface area contributed by atoms with Crippen LogP contribution in [0.2, 0.25) is 0 Å². The second-order valence-electron chi connectivity index (χ2n) is 24.0. The summed E-state index contributed by atoms with van der Waals surface area (Å²) in [6.07, 6.45) is 9.20. The zero-order valence-electron chi connectivity index (χ0n) is 48.8. The fourth-order valence-electron chi connectivity index (χ4n) is 14.9. The molecule has 3 aromatic rings. The topological polar surface area (TPSA) is 152 Å². The lowest BCUT2D eigenvalue weighted by molar-refractivity contribution is -0.139. The summed E-state index contributed by atoms with van der Waals surface area (Å²) in [7, 11) is 17.7. The number of carbonyl (C=O) groups excluding carboxylic acids is 4. The van der Waals surface area contributed by atoms with Gasteiger partial charge in [-0.05, 0) is 169 Å². The Hall–Kier alpha value is -4.97. The molecule has 78 heavy (non-hydrogen) atoms. The first-order valence-electron chi connectivity index (χ1n) is 28.4. The number of methoxy groups -OCH3 is 3. The van der Waals surface area contributed by atoms with Gasteiger partial charge in [-0.3, -0.25) is 24.1 Å². The number of nitrogens with zero attached hydrogens (tertiary/aromatic N) is 6. The quantitative estimate of drug-likeness (QED) is 0.252. The summed E-state index contributed by atoms with van der Waals surface area (Å²) in [4.78, 5) is 60.6. The molecule has 0 radical (unpaired) electrons. The molecule has 5 aliphatic heterocycles. The van der Waals surface area contributed by atoms with Crippen molar-refractivity contribution in [3.8, 4) is 17.2 Å². The standard InChI is InChI=1S/C22H32N4O3.C18H25ClN2O2.C16H24N2O.C5H9NO/c1-22-7-9-24(2)18(11-15-5-6-16(29-4)12-17(15)22)21(22)25(3)20(28)14-26-10-8-23-19(27)13-26;1-18-7-8-20(2)15(17(18)21(3)16(22)11-19)9-12-5-6-13(23-4)10-14(12)18;1-16-7-8-18(3)14(15(16)17-2)9-11-5-6-12(19-4)10-13(11)16;7-5-3-1-2-4-6-5/h5-6,12,18,21H,7-11,13-14H2,1-4H3,(H,23,27);5-6,10,15,17H,7-9,11H2,1-4H3;5-6,10,14-15,17H,7-9H2,1-4H3;1-4H2,(H,6,7)/t18-,21+,22-;15-,17+,18-;14-,15+,16-;/m111./s1. The lowest BCUT2D eigenvalue weighted by Gasteiger charge is -2.57. The van der Waals surface area contributed by atoms with Crippen LogP contribution in [0.5, 0.6) is 17.2 Å². The van der Waals surface area contributed by atoms with Crippen LogP contribution in [0.1, 0.15) is 92.7 Å². The van der Waals surface area contributed by atoms with Gasteiger partial charge in [-0.15, -0.1) is 11.6 Å². The number of rotatable bonds is 9. The molecule has 9 atom stereocenters. The molecule has 0 unspecified atom stereocenters. The van der Waals surface area contributed by atoms with Crippen molar-refractivity contribution in [3.63, 3.8) is 0 Å². The highest BCUT2D eigenvalue weighted by atomic mass is 35.5. The highest BCUT2D eigenvalue weighted by Gasteiger charge is 2.54. The van der Waals surface area contributed by atoms with E-state index >= 15 is 0 Å². The maximum absolute atomic E-state index is 13.2. The lowest BCUT2D eigenvalue weighted by atomic mass is 9.61. The zero-order valence-corrected chi connectivity index (χ0v) is 49.6. The summed E-state index contributed by atoms with van der Waals surface area (Å²) in [5.41, 5.74) is 8.35. The van der Waals surface area contributed by atoms with E-state index in [0.717, 1.165) is 94.8 Å². The molecule has 3 N–H and O–H groups in total. The van der Waals surface area contributed by atoms with Crippen molar-refractivity contribution in [2.45, 2.75) is 131 Å². The molecule has 11 rings (SSSR count). The minimum absolute atomic E-state index is 0.00506. The molecule has 0 saturated carbocycles. The predicted molar refractivity (Wildman–Crippen MR) is 308 cm³/mol. The van der Waals surface area contributed by atoms with E-state index in [1.807, 2.05) is 40.9 Å². The molecule has 0 spiro atoms. The maximum Gasteiger partial charge on any atom is 0.237 e. The summed E-state index contributed by atoms with van der Waals surface area (Å²) >= 11 is 5.83. The van der Waals surface area contributed by atoms with Gasteiger partial charge in [0.2, 0.25) is 23.6 Å². The van der Waals surface area contributed by atoms with Crippen molar-refractivity contribution in [2.24, 2.45) is 0 Å². The number of amides is 4. The van der Waals surface area contributed by atoms with Gasteiger partial charge in [0, 0.05) is 80.6 Å². The SMILES string of the molecule is CN[C@H]1[C@H]2Cc3ccc(OC)cc3[C@@]1(C)CCN2C.COc1ccc2c(c1)[C@@]1(C)CCN(C)[C@H](C2)[C@@H]1N(C)C(=O)CCl.COc1ccc2c(c1)[C@@]1(C)CCN(C)[C@H](C2)[C@@H]1N(C)C(=O)CN1CCNC(=O)C1.O=C1CCCCN1. The van der Waals surface area contributed by atoms with Gasteiger partial charge in [-0.1, -0.05) is 39.0 Å². The molecule has 3 aromatic carbocycles. The van der Waals surface area contributed by atoms with Gasteiger partial charge in [-0.2, -0.15) is 0 Å². The molecule has 5 heterocycles. The number of piperazine rings is 1. The Morgan fingerprint density at radius 3 is 1.47 bits per heavy atom. The second-order valence-corrected chi connectivity index (χ2v) is 24.3. The van der Waals surface area contributed by atoms with Gasteiger partial charge in [0.25, 0.3) is 0 Å². The number of hydrogen-bond donors (Lipinski definition) is 3. The number of likely N-dealkylation sites (tertiary alicyclic amines) is 3. The highest BCUT2D eigenvalue weighted by Crippen LogP contribution is 2.50. The fourth-order valence-corrected chi connectivity index (χ4v) is 15.1. The van der Waals surface area contributed by atoms with Crippen molar-refractivity contribution in [1.82, 2.24) is 45.3 Å². The smallest absolute Gasteiger partial charge is 0.237 e. The normalized spacial score (nSPS) is 30.0. The average Bonchev–Trinajstić information content (AvgIpc) is 3.48. The monoisotopic (exact) mass is 1100 g/mol. The van der Waals surface area contributed by atoms with Crippen molar-refractivity contribution in [3.05, 3.63) is 88.0 Å². The number of piperidine rings is 4. The molecule has 4 amide bonds. The van der Waals surface area contributed by atoms with Gasteiger partial charge in [0.1, 0.15) is 23.1 Å². The summed E-state index contributed by atoms with van der Waals surface area (Å²) in [6, 6.07) is 21.3. The average molecular weight is 1100 g/mol. The van der Waals surface area contributed by atoms with Crippen LogP contribution in [0.25, 0.3) is 0 Å². The molecule has 17 heteroatoms. The molecular weight excluding hydrogens is 1010 g/mol. The third-order valence-electron chi connectivity index (χ3n) is 19.5. The maximum atomic E-state index is 13.2. The first-order chi connectivity index (χ1) is 37.2. The molecule has 0 aromatic heterocycles. The molecular formula is C61H90ClN9O7. The van der Waals surface area contributed by atoms with E-state index in [2.05, 4.69) is 122 Å². The number of hydrogen-bond acceptors (Lipinski definition) is 12. The molecule has 6 bridgehead atoms. The van der Waals surface area contributed by atoms with E-state index in [4.69, 9.17) is 25.8 Å². The van der Waals surface area contributed by atoms with Crippen molar-refractivity contribution >= 4 is 35.2 Å². The van der Waals surface area contributed by atoms with Gasteiger partial charge in [0.15, 0.2) is 0 Å². The van der Waals surface area contributed by atoms with E-state index < -0.39 is 0 Å². The van der Waals surface area contributed by atoms with Crippen LogP contribution in [0, 0.1) is 0 Å². The van der Waals surface area contributed by atoms with Crippen LogP contribution in [0.3, 0.4) is 0 Å². The van der Waals surface area contributed by atoms with Gasteiger partial charge in [-0.25, -0.2) is 0 Å². The number of nitrogens with one attached hydrogen (secondary N) is 3. The van der Waals surface area contributed by atoms with E-state index in [1.54, 1.807) is 21.3 Å². The van der Waals surface area contributed by atoms with Crippen LogP contribution in [0.15, 0.2) is 54.6 Å². The first-order valence-corrected chi connectivity index (χ1v) is 28.9. The molecule has 16 nitrogen and oxygen atoms in total. The van der Waals surface area contributed by atoms with Crippen LogP contribution >= 0.6 is 11.6 Å². The van der Waals surface area contributed by atoms with E-state index in [-0.39, 0.29) is 70.4 Å².